The van der Waals surface area contributed by atoms with Gasteiger partial charge in [0.25, 0.3) is 26.1 Å². The minimum atomic E-state index is -4.80. The molecular formula is C49H39N9O9S2. The fourth-order valence-electron chi connectivity index (χ4n) is 7.12. The van der Waals surface area contributed by atoms with Gasteiger partial charge in [-0.25, -0.2) is 0 Å². The molecule has 0 heterocycles. The van der Waals surface area contributed by atoms with Crippen LogP contribution in [0.2, 0.25) is 0 Å². The Morgan fingerprint density at radius 3 is 1.55 bits per heavy atom. The van der Waals surface area contributed by atoms with E-state index in [0.29, 0.717) is 61.7 Å². The number of azo groups is 4. The number of carbonyl (C=O) groups is 1. The normalized spacial score (nSPS) is 12.4. The van der Waals surface area contributed by atoms with E-state index in [9.17, 15) is 40.9 Å². The van der Waals surface area contributed by atoms with Crippen LogP contribution < -0.4 is 5.32 Å². The van der Waals surface area contributed by atoms with Crippen molar-refractivity contribution in [2.45, 2.75) is 37.5 Å². The molecule has 0 aromatic heterocycles. The van der Waals surface area contributed by atoms with Gasteiger partial charge in [-0.05, 0) is 176 Å². The molecule has 0 aliphatic carbocycles. The molecule has 8 aromatic carbocycles. The van der Waals surface area contributed by atoms with Crippen LogP contribution in [0.25, 0.3) is 21.5 Å². The summed E-state index contributed by atoms with van der Waals surface area (Å²) in [6, 6.07) is 34.4. The summed E-state index contributed by atoms with van der Waals surface area (Å²) < 4.78 is 68.0. The zero-order chi connectivity index (χ0) is 49.2. The summed E-state index contributed by atoms with van der Waals surface area (Å²) in [5.74, 6) is -0.345. The SMILES string of the molecule is Cc1cc(N=Nc2cc(C)c(N=Nc3ccc4cc(NC(=O)c5ccc(O)cc5)ccc4c3O)cc2C)ccc1N=Nc1ccc(N=Nc2cc3c(S(=O)(=O)O)cccc3cc2S(=O)(=O)O)c(C)c1. The van der Waals surface area contributed by atoms with Crippen LogP contribution in [0.15, 0.2) is 184 Å². The van der Waals surface area contributed by atoms with Gasteiger partial charge in [-0.3, -0.25) is 13.9 Å². The first kappa shape index (κ1) is 47.1. The standard InChI is InChI=1S/C49H39N9O9S2/c1-27-20-36(12-18-40(27)53-51-35-13-19-41(28(2)21-35)54-58-45-26-39-32(25-47(45)69(65,66)67)6-5-7-46(39)68(62,63)64)52-56-43-22-30(4)44(23-29(43)3)57-55-42-17-10-33-24-34(11-16-38(33)48(42)60)50-49(61)31-8-14-37(59)15-9-31/h5-26,59-60H,1-4H3,(H,50,61)(H,62,63,64)(H,65,66,67). The number of phenolic OH excluding ortho intramolecular Hbond substituents is 2. The summed E-state index contributed by atoms with van der Waals surface area (Å²) in [6.45, 7) is 7.32. The molecule has 5 N–H and O–H groups in total. The highest BCUT2D eigenvalue weighted by atomic mass is 32.2. The second-order valence-electron chi connectivity index (χ2n) is 15.8. The summed E-state index contributed by atoms with van der Waals surface area (Å²) in [4.78, 5) is 11.6. The maximum absolute atomic E-state index is 12.7. The van der Waals surface area contributed by atoms with Crippen molar-refractivity contribution >= 4 is 98.9 Å². The van der Waals surface area contributed by atoms with E-state index in [-0.39, 0.29) is 39.6 Å². The van der Waals surface area contributed by atoms with E-state index < -0.39 is 30.0 Å². The predicted molar refractivity (Wildman–Crippen MR) is 260 cm³/mol. The highest BCUT2D eigenvalue weighted by Crippen LogP contribution is 2.39. The van der Waals surface area contributed by atoms with Gasteiger partial charge in [0.15, 0.2) is 5.75 Å². The molecule has 69 heavy (non-hydrogen) atoms. The van der Waals surface area contributed by atoms with E-state index in [2.05, 4.69) is 46.2 Å². The van der Waals surface area contributed by atoms with Crippen LogP contribution in [0.3, 0.4) is 0 Å². The Balaban J connectivity index is 0.923. The molecular weight excluding hydrogens is 923 g/mol. The summed E-state index contributed by atoms with van der Waals surface area (Å²) in [7, 11) is -9.48. The van der Waals surface area contributed by atoms with E-state index in [1.165, 1.54) is 36.4 Å². The molecule has 0 saturated heterocycles. The molecule has 0 radical (unpaired) electrons. The van der Waals surface area contributed by atoms with E-state index in [1.54, 1.807) is 67.6 Å². The Kier molecular flexibility index (Phi) is 13.0. The first-order valence-corrected chi connectivity index (χ1v) is 23.6. The van der Waals surface area contributed by atoms with Crippen LogP contribution in [0, 0.1) is 27.7 Å². The summed E-state index contributed by atoms with van der Waals surface area (Å²) in [5.41, 5.74) is 6.92. The monoisotopic (exact) mass is 961 g/mol. The lowest BCUT2D eigenvalue weighted by atomic mass is 10.1. The zero-order valence-electron chi connectivity index (χ0n) is 36.9. The first-order chi connectivity index (χ1) is 32.8. The fraction of sp³-hybridized carbons (Fsp3) is 0.0816. The number of nitrogens with zero attached hydrogens (tertiary/aromatic N) is 8. The smallest absolute Gasteiger partial charge is 0.296 e. The van der Waals surface area contributed by atoms with Crippen LogP contribution in [0.4, 0.5) is 51.2 Å². The molecule has 8 aromatic rings. The van der Waals surface area contributed by atoms with Crippen molar-refractivity contribution in [1.82, 2.24) is 0 Å². The molecule has 0 fully saturated rings. The van der Waals surface area contributed by atoms with Gasteiger partial charge < -0.3 is 15.5 Å². The first-order valence-electron chi connectivity index (χ1n) is 20.7. The van der Waals surface area contributed by atoms with Gasteiger partial charge in [0.2, 0.25) is 0 Å². The van der Waals surface area contributed by atoms with Gasteiger partial charge in [-0.15, -0.1) is 10.2 Å². The quantitative estimate of drug-likeness (QED) is 0.0574. The van der Waals surface area contributed by atoms with Crippen LogP contribution in [-0.4, -0.2) is 42.1 Å². The number of benzene rings is 8. The second-order valence-corrected chi connectivity index (χ2v) is 18.6. The Labute approximate surface area is 394 Å². The molecule has 20 heteroatoms. The number of aromatic hydroxyl groups is 2. The van der Waals surface area contributed by atoms with E-state index >= 15 is 0 Å². The number of aryl methyl sites for hydroxylation is 4. The minimum Gasteiger partial charge on any atom is -0.508 e. The number of nitrogens with one attached hydrogen (secondary N) is 1. The van der Waals surface area contributed by atoms with E-state index in [0.717, 1.165) is 34.9 Å². The molecule has 0 aliphatic rings. The van der Waals surface area contributed by atoms with Crippen molar-refractivity contribution in [2.24, 2.45) is 40.9 Å². The molecule has 8 rings (SSSR count). The van der Waals surface area contributed by atoms with Crippen LogP contribution >= 0.6 is 0 Å². The number of hydrogen-bond donors (Lipinski definition) is 5. The third kappa shape index (κ3) is 10.7. The molecule has 18 nitrogen and oxygen atoms in total. The van der Waals surface area contributed by atoms with Gasteiger partial charge in [0, 0.05) is 22.0 Å². The molecule has 1 amide bonds. The summed E-state index contributed by atoms with van der Waals surface area (Å²) >= 11 is 0. The van der Waals surface area contributed by atoms with Crippen molar-refractivity contribution < 1.29 is 40.9 Å². The number of hydrogen-bond acceptors (Lipinski definition) is 15. The van der Waals surface area contributed by atoms with E-state index in [4.69, 9.17) is 0 Å². The van der Waals surface area contributed by atoms with Crippen molar-refractivity contribution in [3.63, 3.8) is 0 Å². The molecule has 0 aliphatic heterocycles. The highest BCUT2D eigenvalue weighted by molar-refractivity contribution is 7.86. The summed E-state index contributed by atoms with van der Waals surface area (Å²) in [6.07, 6.45) is 0. The predicted octanol–water partition coefficient (Wildman–Crippen LogP) is 14.0. The number of amides is 1. The van der Waals surface area contributed by atoms with E-state index in [1.807, 2.05) is 39.0 Å². The maximum atomic E-state index is 12.7. The van der Waals surface area contributed by atoms with Gasteiger partial charge in [-0.1, -0.05) is 18.2 Å². The number of rotatable bonds is 12. The molecule has 0 atom stereocenters. The number of phenols is 2. The lowest BCUT2D eigenvalue weighted by molar-refractivity contribution is 0.102. The second kappa shape index (κ2) is 19.1. The molecule has 346 valence electrons. The van der Waals surface area contributed by atoms with Crippen molar-refractivity contribution in [2.75, 3.05) is 5.32 Å². The number of carbonyl (C=O) groups excluding carboxylic acids is 1. The molecule has 0 spiro atoms. The Morgan fingerprint density at radius 2 is 0.957 bits per heavy atom. The maximum Gasteiger partial charge on any atom is 0.296 e. The third-order valence-electron chi connectivity index (χ3n) is 10.8. The van der Waals surface area contributed by atoms with Crippen LogP contribution in [-0.2, 0) is 20.2 Å². The van der Waals surface area contributed by atoms with Crippen molar-refractivity contribution in [3.8, 4) is 11.5 Å². The fourth-order valence-corrected chi connectivity index (χ4v) is 8.46. The Bertz CT molecular complexity index is 3750. The average molecular weight is 962 g/mol. The van der Waals surface area contributed by atoms with Gasteiger partial charge in [0.1, 0.15) is 26.9 Å². The average Bonchev–Trinajstić information content (AvgIpc) is 3.30. The largest absolute Gasteiger partial charge is 0.508 e. The third-order valence-corrected chi connectivity index (χ3v) is 12.6. The van der Waals surface area contributed by atoms with Crippen molar-refractivity contribution in [1.29, 1.82) is 0 Å². The lowest BCUT2D eigenvalue weighted by Crippen LogP contribution is -2.11. The van der Waals surface area contributed by atoms with Gasteiger partial charge in [0.05, 0.1) is 34.1 Å². The number of anilines is 1. The number of fused-ring (bicyclic) bond motifs is 2. The summed E-state index contributed by atoms with van der Waals surface area (Å²) in [5, 5.41) is 59.3. The zero-order valence-corrected chi connectivity index (χ0v) is 38.6. The Morgan fingerprint density at radius 1 is 0.449 bits per heavy atom. The van der Waals surface area contributed by atoms with Gasteiger partial charge >= 0.3 is 0 Å². The Hall–Kier alpha value is -8.43. The molecule has 0 saturated carbocycles. The topological polar surface area (TPSA) is 277 Å². The van der Waals surface area contributed by atoms with Crippen molar-refractivity contribution in [3.05, 3.63) is 161 Å². The minimum absolute atomic E-state index is 0.0178. The lowest BCUT2D eigenvalue weighted by Gasteiger charge is -2.09. The highest BCUT2D eigenvalue weighted by Gasteiger charge is 2.21. The van der Waals surface area contributed by atoms with Crippen LogP contribution in [0.5, 0.6) is 11.5 Å². The van der Waals surface area contributed by atoms with Gasteiger partial charge in [-0.2, -0.15) is 47.5 Å². The molecule has 0 unspecified atom stereocenters. The molecule has 0 bridgehead atoms. The van der Waals surface area contributed by atoms with Crippen LogP contribution in [0.1, 0.15) is 32.6 Å².